The van der Waals surface area contributed by atoms with Gasteiger partial charge in [0.1, 0.15) is 11.5 Å². The molecule has 2 aromatic rings. The topological polar surface area (TPSA) is 18.5 Å². The molecule has 0 aliphatic heterocycles. The van der Waals surface area contributed by atoms with Crippen molar-refractivity contribution in [3.05, 3.63) is 48.5 Å². The Morgan fingerprint density at radius 2 is 1.29 bits per heavy atom. The van der Waals surface area contributed by atoms with Crippen LogP contribution in [-0.4, -0.2) is 13.2 Å². The Morgan fingerprint density at radius 3 is 1.88 bits per heavy atom. The summed E-state index contributed by atoms with van der Waals surface area (Å²) in [5.41, 5.74) is 2.49. The predicted molar refractivity (Wildman–Crippen MR) is 102 cm³/mol. The zero-order valence-corrected chi connectivity index (χ0v) is 15.8. The number of rotatable bonds is 5. The van der Waals surface area contributed by atoms with Crippen LogP contribution in [0.25, 0.3) is 11.1 Å². The summed E-state index contributed by atoms with van der Waals surface area (Å²) in [6, 6.07) is 16.5. The molecule has 0 heterocycles. The fourth-order valence-electron chi connectivity index (χ4n) is 2.16. The standard InChI is InChI=1S/C22H30O2/c1-21(2,3)15-23-18-12-13-19(17-10-8-7-9-11-17)20(14-18)24-16-22(4,5)6/h7-14H,15-16H2,1-6H3. The monoisotopic (exact) mass is 326 g/mol. The van der Waals surface area contributed by atoms with E-state index in [1.807, 2.05) is 30.3 Å². The van der Waals surface area contributed by atoms with Gasteiger partial charge in [-0.15, -0.1) is 0 Å². The van der Waals surface area contributed by atoms with Crippen molar-refractivity contribution in [1.82, 2.24) is 0 Å². The Morgan fingerprint density at radius 1 is 0.708 bits per heavy atom. The molecule has 2 nitrogen and oxygen atoms in total. The van der Waals surface area contributed by atoms with Gasteiger partial charge in [-0.2, -0.15) is 0 Å². The SMILES string of the molecule is CC(C)(C)COc1ccc(-c2ccccc2)c(OCC(C)(C)C)c1. The lowest BCUT2D eigenvalue weighted by atomic mass is 9.98. The Hall–Kier alpha value is -1.96. The molecule has 2 heteroatoms. The Bertz CT molecular complexity index is 646. The Balaban J connectivity index is 2.29. The highest BCUT2D eigenvalue weighted by atomic mass is 16.5. The van der Waals surface area contributed by atoms with Crippen LogP contribution in [0.4, 0.5) is 0 Å². The van der Waals surface area contributed by atoms with Crippen molar-refractivity contribution in [2.75, 3.05) is 13.2 Å². The average Bonchev–Trinajstić information content (AvgIpc) is 2.50. The van der Waals surface area contributed by atoms with E-state index >= 15 is 0 Å². The van der Waals surface area contributed by atoms with Crippen LogP contribution < -0.4 is 9.47 Å². The predicted octanol–water partition coefficient (Wildman–Crippen LogP) is 6.20. The lowest BCUT2D eigenvalue weighted by Crippen LogP contribution is -2.18. The quantitative estimate of drug-likeness (QED) is 0.651. The highest BCUT2D eigenvalue weighted by Gasteiger charge is 2.16. The molecule has 0 saturated heterocycles. The zero-order chi connectivity index (χ0) is 17.8. The van der Waals surface area contributed by atoms with Crippen molar-refractivity contribution in [1.29, 1.82) is 0 Å². The Kier molecular flexibility index (Phi) is 5.58. The minimum absolute atomic E-state index is 0.107. The molecular formula is C22H30O2. The summed E-state index contributed by atoms with van der Waals surface area (Å²) in [6.45, 7) is 14.4. The number of benzene rings is 2. The summed E-state index contributed by atoms with van der Waals surface area (Å²) in [5.74, 6) is 1.73. The largest absolute Gasteiger partial charge is 0.493 e. The molecule has 0 aromatic heterocycles. The van der Waals surface area contributed by atoms with Gasteiger partial charge < -0.3 is 9.47 Å². The molecule has 2 rings (SSSR count). The van der Waals surface area contributed by atoms with Gasteiger partial charge in [0.2, 0.25) is 0 Å². The number of ether oxygens (including phenoxy) is 2. The smallest absolute Gasteiger partial charge is 0.130 e. The molecule has 0 N–H and O–H groups in total. The second kappa shape index (κ2) is 7.29. The van der Waals surface area contributed by atoms with Gasteiger partial charge in [0.25, 0.3) is 0 Å². The molecule has 0 fully saturated rings. The van der Waals surface area contributed by atoms with Gasteiger partial charge in [0.15, 0.2) is 0 Å². The minimum Gasteiger partial charge on any atom is -0.493 e. The van der Waals surface area contributed by atoms with E-state index in [1.54, 1.807) is 0 Å². The van der Waals surface area contributed by atoms with Gasteiger partial charge in [-0.1, -0.05) is 71.9 Å². The zero-order valence-electron chi connectivity index (χ0n) is 15.8. The van der Waals surface area contributed by atoms with Crippen molar-refractivity contribution in [3.8, 4) is 22.6 Å². The normalized spacial score (nSPS) is 12.1. The third-order valence-corrected chi connectivity index (χ3v) is 3.37. The summed E-state index contributed by atoms with van der Waals surface area (Å²) in [4.78, 5) is 0. The summed E-state index contributed by atoms with van der Waals surface area (Å²) in [7, 11) is 0. The molecule has 0 aliphatic carbocycles. The molecule has 0 spiro atoms. The van der Waals surface area contributed by atoms with Crippen LogP contribution in [0.5, 0.6) is 11.5 Å². The molecule has 0 atom stereocenters. The highest BCUT2D eigenvalue weighted by molar-refractivity contribution is 5.71. The fraction of sp³-hybridized carbons (Fsp3) is 0.455. The number of hydrogen-bond donors (Lipinski definition) is 0. The maximum Gasteiger partial charge on any atom is 0.130 e. The summed E-state index contributed by atoms with van der Waals surface area (Å²) in [5, 5.41) is 0. The molecule has 0 bridgehead atoms. The maximum atomic E-state index is 6.15. The van der Waals surface area contributed by atoms with Crippen LogP contribution in [-0.2, 0) is 0 Å². The molecule has 2 aromatic carbocycles. The van der Waals surface area contributed by atoms with E-state index in [0.717, 1.165) is 22.6 Å². The van der Waals surface area contributed by atoms with E-state index in [9.17, 15) is 0 Å². The van der Waals surface area contributed by atoms with Gasteiger partial charge in [-0.3, -0.25) is 0 Å². The summed E-state index contributed by atoms with van der Waals surface area (Å²) in [6.07, 6.45) is 0. The van der Waals surface area contributed by atoms with Gasteiger partial charge in [0, 0.05) is 11.6 Å². The van der Waals surface area contributed by atoms with Gasteiger partial charge in [-0.25, -0.2) is 0 Å². The van der Waals surface area contributed by atoms with E-state index < -0.39 is 0 Å². The third-order valence-electron chi connectivity index (χ3n) is 3.37. The molecule has 0 saturated carbocycles. The molecular weight excluding hydrogens is 296 g/mol. The maximum absolute atomic E-state index is 6.15. The molecule has 0 unspecified atom stereocenters. The summed E-state index contributed by atoms with van der Waals surface area (Å²) >= 11 is 0. The first-order valence-electron chi connectivity index (χ1n) is 8.59. The molecule has 24 heavy (non-hydrogen) atoms. The van der Waals surface area contributed by atoms with Crippen molar-refractivity contribution >= 4 is 0 Å². The second-order valence-electron chi connectivity index (χ2n) is 8.72. The van der Waals surface area contributed by atoms with Gasteiger partial charge in [0.05, 0.1) is 13.2 Å². The summed E-state index contributed by atoms with van der Waals surface area (Å²) < 4.78 is 12.1. The van der Waals surface area contributed by atoms with Crippen molar-refractivity contribution < 1.29 is 9.47 Å². The lowest BCUT2D eigenvalue weighted by Gasteiger charge is -2.22. The minimum atomic E-state index is 0.107. The van der Waals surface area contributed by atoms with E-state index in [2.05, 4.69) is 59.7 Å². The fourth-order valence-corrected chi connectivity index (χ4v) is 2.16. The van der Waals surface area contributed by atoms with E-state index in [4.69, 9.17) is 9.47 Å². The van der Waals surface area contributed by atoms with Crippen molar-refractivity contribution in [3.63, 3.8) is 0 Å². The first-order valence-corrected chi connectivity index (χ1v) is 8.59. The van der Waals surface area contributed by atoms with Crippen molar-refractivity contribution in [2.45, 2.75) is 41.5 Å². The van der Waals surface area contributed by atoms with E-state index in [0.29, 0.717) is 13.2 Å². The van der Waals surface area contributed by atoms with Crippen LogP contribution in [0, 0.1) is 10.8 Å². The number of hydrogen-bond acceptors (Lipinski definition) is 2. The Labute approximate surface area is 146 Å². The van der Waals surface area contributed by atoms with Crippen LogP contribution in [0.2, 0.25) is 0 Å². The molecule has 0 aliphatic rings. The molecule has 130 valence electrons. The van der Waals surface area contributed by atoms with Gasteiger partial charge >= 0.3 is 0 Å². The van der Waals surface area contributed by atoms with Gasteiger partial charge in [-0.05, 0) is 28.5 Å². The highest BCUT2D eigenvalue weighted by Crippen LogP contribution is 2.35. The first-order chi connectivity index (χ1) is 11.1. The second-order valence-corrected chi connectivity index (χ2v) is 8.72. The molecule has 0 amide bonds. The average molecular weight is 326 g/mol. The van der Waals surface area contributed by atoms with E-state index in [-0.39, 0.29) is 10.8 Å². The third kappa shape index (κ3) is 5.92. The van der Waals surface area contributed by atoms with Crippen molar-refractivity contribution in [2.24, 2.45) is 10.8 Å². The first kappa shape index (κ1) is 18.4. The van der Waals surface area contributed by atoms with Crippen LogP contribution in [0.15, 0.2) is 48.5 Å². The van der Waals surface area contributed by atoms with Crippen LogP contribution in [0.3, 0.4) is 0 Å². The van der Waals surface area contributed by atoms with Crippen LogP contribution in [0.1, 0.15) is 41.5 Å². The van der Waals surface area contributed by atoms with E-state index in [1.165, 1.54) is 0 Å². The van der Waals surface area contributed by atoms with Crippen LogP contribution >= 0.6 is 0 Å². The molecule has 0 radical (unpaired) electrons. The lowest BCUT2D eigenvalue weighted by molar-refractivity contribution is 0.189.